The number of piperazine rings is 1. The third kappa shape index (κ3) is 5.25. The minimum Gasteiger partial charge on any atom is -0.497 e. The van der Waals surface area contributed by atoms with E-state index in [0.29, 0.717) is 24.2 Å². The quantitative estimate of drug-likeness (QED) is 0.860. The number of benzene rings is 1. The molecule has 1 saturated heterocycles. The van der Waals surface area contributed by atoms with Gasteiger partial charge in [0, 0.05) is 49.8 Å². The SMILES string of the molecule is COc1ccc(N2CCN(C(=O)c3cncc(C(=O)NC(C)(C)C)c3)CC2)cc1. The van der Waals surface area contributed by atoms with Crippen LogP contribution in [0.4, 0.5) is 5.69 Å². The molecular weight excluding hydrogens is 368 g/mol. The summed E-state index contributed by atoms with van der Waals surface area (Å²) in [6, 6.07) is 9.54. The molecule has 7 heteroatoms. The van der Waals surface area contributed by atoms with Crippen LogP contribution in [0.5, 0.6) is 5.75 Å². The fraction of sp³-hybridized carbons (Fsp3) is 0.409. The van der Waals surface area contributed by atoms with Gasteiger partial charge >= 0.3 is 0 Å². The summed E-state index contributed by atoms with van der Waals surface area (Å²) in [5.74, 6) is 0.492. The molecule has 1 fully saturated rings. The van der Waals surface area contributed by atoms with Crippen LogP contribution in [0, 0.1) is 0 Å². The van der Waals surface area contributed by atoms with E-state index in [4.69, 9.17) is 4.74 Å². The van der Waals surface area contributed by atoms with E-state index in [1.165, 1.54) is 12.4 Å². The van der Waals surface area contributed by atoms with E-state index in [1.807, 2.05) is 49.9 Å². The van der Waals surface area contributed by atoms with Gasteiger partial charge in [0.1, 0.15) is 5.75 Å². The van der Waals surface area contributed by atoms with Crippen LogP contribution in [0.3, 0.4) is 0 Å². The Morgan fingerprint density at radius 1 is 1.00 bits per heavy atom. The molecule has 0 unspecified atom stereocenters. The molecule has 0 saturated carbocycles. The summed E-state index contributed by atoms with van der Waals surface area (Å²) < 4.78 is 5.20. The van der Waals surface area contributed by atoms with E-state index >= 15 is 0 Å². The van der Waals surface area contributed by atoms with Crippen molar-refractivity contribution in [3.05, 3.63) is 53.9 Å². The highest BCUT2D eigenvalue weighted by atomic mass is 16.5. The van der Waals surface area contributed by atoms with Crippen LogP contribution in [-0.4, -0.2) is 60.5 Å². The van der Waals surface area contributed by atoms with Crippen molar-refractivity contribution in [1.29, 1.82) is 0 Å². The molecule has 1 aliphatic heterocycles. The first-order chi connectivity index (χ1) is 13.8. The molecule has 2 aromatic rings. The number of hydrogen-bond acceptors (Lipinski definition) is 5. The minimum absolute atomic E-state index is 0.0997. The first-order valence-electron chi connectivity index (χ1n) is 9.73. The molecule has 2 amide bonds. The average molecular weight is 396 g/mol. The first kappa shape index (κ1) is 20.6. The Hall–Kier alpha value is -3.09. The van der Waals surface area contributed by atoms with Crippen molar-refractivity contribution in [2.45, 2.75) is 26.3 Å². The molecule has 1 aromatic heterocycles. The molecular formula is C22H28N4O3. The van der Waals surface area contributed by atoms with Gasteiger partial charge in [-0.1, -0.05) is 0 Å². The topological polar surface area (TPSA) is 74.8 Å². The van der Waals surface area contributed by atoms with Crippen molar-refractivity contribution in [3.63, 3.8) is 0 Å². The van der Waals surface area contributed by atoms with Gasteiger partial charge < -0.3 is 19.9 Å². The summed E-state index contributed by atoms with van der Waals surface area (Å²) in [5.41, 5.74) is 1.59. The number of aromatic nitrogens is 1. The molecule has 0 radical (unpaired) electrons. The van der Waals surface area contributed by atoms with E-state index in [-0.39, 0.29) is 17.4 Å². The predicted octanol–water partition coefficient (Wildman–Crippen LogP) is 2.58. The largest absolute Gasteiger partial charge is 0.497 e. The Bertz CT molecular complexity index is 866. The normalized spacial score (nSPS) is 14.5. The second kappa shape index (κ2) is 8.51. The summed E-state index contributed by atoms with van der Waals surface area (Å²) in [7, 11) is 1.65. The first-order valence-corrected chi connectivity index (χ1v) is 9.73. The fourth-order valence-electron chi connectivity index (χ4n) is 3.24. The van der Waals surface area contributed by atoms with Gasteiger partial charge in [-0.25, -0.2) is 0 Å². The molecule has 0 atom stereocenters. The lowest BCUT2D eigenvalue weighted by atomic mass is 10.1. The van der Waals surface area contributed by atoms with E-state index in [0.717, 1.165) is 24.5 Å². The number of ether oxygens (including phenoxy) is 1. The van der Waals surface area contributed by atoms with Crippen molar-refractivity contribution < 1.29 is 14.3 Å². The van der Waals surface area contributed by atoms with Gasteiger partial charge in [-0.3, -0.25) is 14.6 Å². The number of methoxy groups -OCH3 is 1. The third-order valence-corrected chi connectivity index (χ3v) is 4.74. The molecule has 154 valence electrons. The number of pyridine rings is 1. The number of rotatable bonds is 4. The van der Waals surface area contributed by atoms with Gasteiger partial charge in [0.25, 0.3) is 11.8 Å². The number of nitrogens with zero attached hydrogens (tertiary/aromatic N) is 3. The average Bonchev–Trinajstić information content (AvgIpc) is 2.72. The molecule has 0 aliphatic carbocycles. The number of anilines is 1. The van der Waals surface area contributed by atoms with E-state index in [2.05, 4.69) is 15.2 Å². The number of amides is 2. The molecule has 0 spiro atoms. The van der Waals surface area contributed by atoms with Gasteiger partial charge in [-0.05, 0) is 51.1 Å². The zero-order valence-corrected chi connectivity index (χ0v) is 17.4. The summed E-state index contributed by atoms with van der Waals surface area (Å²) >= 11 is 0. The smallest absolute Gasteiger partial charge is 0.255 e. The standard InChI is InChI=1S/C22H28N4O3/c1-22(2,3)24-20(27)16-13-17(15-23-14-16)21(28)26-11-9-25(10-12-26)18-5-7-19(29-4)8-6-18/h5-8,13-15H,9-12H2,1-4H3,(H,24,27). The lowest BCUT2D eigenvalue weighted by Gasteiger charge is -2.36. The summed E-state index contributed by atoms with van der Waals surface area (Å²) in [6.07, 6.45) is 3.01. The van der Waals surface area contributed by atoms with Crippen LogP contribution >= 0.6 is 0 Å². The van der Waals surface area contributed by atoms with Gasteiger partial charge in [0.05, 0.1) is 18.2 Å². The monoisotopic (exact) mass is 396 g/mol. The summed E-state index contributed by atoms with van der Waals surface area (Å²) in [6.45, 7) is 8.46. The van der Waals surface area contributed by atoms with Gasteiger partial charge in [-0.2, -0.15) is 0 Å². The number of hydrogen-bond donors (Lipinski definition) is 1. The Labute approximate surface area is 171 Å². The highest BCUT2D eigenvalue weighted by Crippen LogP contribution is 2.21. The Kier molecular flexibility index (Phi) is 6.06. The summed E-state index contributed by atoms with van der Waals surface area (Å²) in [5, 5.41) is 2.89. The maximum atomic E-state index is 12.9. The highest BCUT2D eigenvalue weighted by Gasteiger charge is 2.24. The minimum atomic E-state index is -0.352. The maximum absolute atomic E-state index is 12.9. The number of carbonyl (C=O) groups is 2. The zero-order valence-electron chi connectivity index (χ0n) is 17.4. The van der Waals surface area contributed by atoms with E-state index in [1.54, 1.807) is 13.2 Å². The second-order valence-electron chi connectivity index (χ2n) is 8.14. The molecule has 2 heterocycles. The Balaban J connectivity index is 1.63. The second-order valence-corrected chi connectivity index (χ2v) is 8.14. The lowest BCUT2D eigenvalue weighted by molar-refractivity contribution is 0.0746. The van der Waals surface area contributed by atoms with Crippen LogP contribution in [0.2, 0.25) is 0 Å². The van der Waals surface area contributed by atoms with Crippen LogP contribution in [-0.2, 0) is 0 Å². The maximum Gasteiger partial charge on any atom is 0.255 e. The number of carbonyl (C=O) groups excluding carboxylic acids is 2. The van der Waals surface area contributed by atoms with Crippen LogP contribution in [0.25, 0.3) is 0 Å². The fourth-order valence-corrected chi connectivity index (χ4v) is 3.24. The van der Waals surface area contributed by atoms with Crippen LogP contribution < -0.4 is 15.0 Å². The Morgan fingerprint density at radius 3 is 2.21 bits per heavy atom. The van der Waals surface area contributed by atoms with Crippen LogP contribution in [0.15, 0.2) is 42.7 Å². The predicted molar refractivity (Wildman–Crippen MR) is 113 cm³/mol. The van der Waals surface area contributed by atoms with E-state index < -0.39 is 0 Å². The van der Waals surface area contributed by atoms with Gasteiger partial charge in [0.2, 0.25) is 0 Å². The van der Waals surface area contributed by atoms with Crippen molar-refractivity contribution in [2.24, 2.45) is 0 Å². The van der Waals surface area contributed by atoms with Crippen molar-refractivity contribution in [2.75, 3.05) is 38.2 Å². The lowest BCUT2D eigenvalue weighted by Crippen LogP contribution is -2.48. The van der Waals surface area contributed by atoms with Crippen molar-refractivity contribution in [3.8, 4) is 5.75 Å². The molecule has 1 aromatic carbocycles. The molecule has 7 nitrogen and oxygen atoms in total. The molecule has 1 aliphatic rings. The van der Waals surface area contributed by atoms with Crippen molar-refractivity contribution >= 4 is 17.5 Å². The molecule has 3 rings (SSSR count). The highest BCUT2D eigenvalue weighted by molar-refractivity contribution is 5.99. The van der Waals surface area contributed by atoms with Crippen LogP contribution in [0.1, 0.15) is 41.5 Å². The van der Waals surface area contributed by atoms with Crippen molar-refractivity contribution in [1.82, 2.24) is 15.2 Å². The van der Waals surface area contributed by atoms with Gasteiger partial charge in [-0.15, -0.1) is 0 Å². The zero-order chi connectivity index (χ0) is 21.0. The van der Waals surface area contributed by atoms with E-state index in [9.17, 15) is 9.59 Å². The summed E-state index contributed by atoms with van der Waals surface area (Å²) in [4.78, 5) is 33.4. The molecule has 0 bridgehead atoms. The van der Waals surface area contributed by atoms with Gasteiger partial charge in [0.15, 0.2) is 0 Å². The number of nitrogens with one attached hydrogen (secondary N) is 1. The third-order valence-electron chi connectivity index (χ3n) is 4.74. The Morgan fingerprint density at radius 2 is 1.62 bits per heavy atom. The molecule has 29 heavy (non-hydrogen) atoms. The molecule has 1 N–H and O–H groups in total.